The van der Waals surface area contributed by atoms with Crippen LogP contribution in [-0.2, 0) is 11.3 Å². The van der Waals surface area contributed by atoms with Gasteiger partial charge in [0.1, 0.15) is 17.9 Å². The van der Waals surface area contributed by atoms with E-state index in [9.17, 15) is 4.79 Å². The van der Waals surface area contributed by atoms with Crippen molar-refractivity contribution in [3.8, 4) is 5.75 Å². The lowest BCUT2D eigenvalue weighted by molar-refractivity contribution is 0.0329. The highest BCUT2D eigenvalue weighted by molar-refractivity contribution is 5.92. The Balaban J connectivity index is 2.08. The second-order valence-corrected chi connectivity index (χ2v) is 4.89. The van der Waals surface area contributed by atoms with E-state index in [1.165, 1.54) is 0 Å². The van der Waals surface area contributed by atoms with Crippen LogP contribution >= 0.6 is 0 Å². The maximum Gasteiger partial charge on any atom is 0.342 e. The van der Waals surface area contributed by atoms with E-state index in [-0.39, 0.29) is 12.1 Å². The fourth-order valence-electron chi connectivity index (χ4n) is 1.83. The summed E-state index contributed by atoms with van der Waals surface area (Å²) in [5.74, 6) is 0.211. The molecule has 2 aromatic carbocycles. The normalized spacial score (nSPS) is 11.7. The molecule has 3 heteroatoms. The molecule has 0 saturated heterocycles. The highest BCUT2D eigenvalue weighted by atomic mass is 16.5. The van der Waals surface area contributed by atoms with Crippen molar-refractivity contribution in [3.05, 3.63) is 65.7 Å². The average molecular weight is 284 g/mol. The van der Waals surface area contributed by atoms with Gasteiger partial charge < -0.3 is 9.47 Å². The highest BCUT2D eigenvalue weighted by Gasteiger charge is 2.15. The van der Waals surface area contributed by atoms with Crippen molar-refractivity contribution >= 4 is 5.97 Å². The summed E-state index contributed by atoms with van der Waals surface area (Å²) in [6, 6.07) is 17.0. The van der Waals surface area contributed by atoms with Crippen LogP contribution in [0.4, 0.5) is 0 Å². The van der Waals surface area contributed by atoms with E-state index in [4.69, 9.17) is 9.47 Å². The Hall–Kier alpha value is -2.29. The molecule has 0 amide bonds. The monoisotopic (exact) mass is 284 g/mol. The number of ether oxygens (including phenoxy) is 2. The molecular formula is C18H20O3. The third-order valence-corrected chi connectivity index (χ3v) is 3.23. The van der Waals surface area contributed by atoms with E-state index in [0.29, 0.717) is 17.9 Å². The lowest BCUT2D eigenvalue weighted by Gasteiger charge is -2.14. The van der Waals surface area contributed by atoms with Crippen LogP contribution < -0.4 is 4.74 Å². The number of hydrogen-bond acceptors (Lipinski definition) is 3. The number of carbonyl (C=O) groups excluding carboxylic acids is 1. The van der Waals surface area contributed by atoms with Gasteiger partial charge in [0.05, 0.1) is 6.10 Å². The maximum atomic E-state index is 12.1. The maximum absolute atomic E-state index is 12.1. The third-order valence-electron chi connectivity index (χ3n) is 3.23. The van der Waals surface area contributed by atoms with Gasteiger partial charge in [0.2, 0.25) is 0 Å². The van der Waals surface area contributed by atoms with Gasteiger partial charge in [0.15, 0.2) is 0 Å². The van der Waals surface area contributed by atoms with Crippen molar-refractivity contribution in [2.24, 2.45) is 0 Å². The summed E-state index contributed by atoms with van der Waals surface area (Å²) in [6.45, 7) is 4.29. The van der Waals surface area contributed by atoms with Crippen LogP contribution in [0.3, 0.4) is 0 Å². The molecule has 21 heavy (non-hydrogen) atoms. The molecule has 0 aromatic heterocycles. The standard InChI is InChI=1S/C18H20O3/c1-3-14(2)21-18(19)16-11-7-8-12-17(16)20-13-15-9-5-4-6-10-15/h4-12,14H,3,13H2,1-2H3. The minimum atomic E-state index is -0.340. The van der Waals surface area contributed by atoms with Crippen molar-refractivity contribution in [1.82, 2.24) is 0 Å². The molecule has 0 aliphatic heterocycles. The van der Waals surface area contributed by atoms with E-state index in [1.54, 1.807) is 12.1 Å². The van der Waals surface area contributed by atoms with Crippen LogP contribution in [0.5, 0.6) is 5.75 Å². The van der Waals surface area contributed by atoms with Crippen LogP contribution in [0.25, 0.3) is 0 Å². The van der Waals surface area contributed by atoms with Crippen molar-refractivity contribution in [1.29, 1.82) is 0 Å². The van der Waals surface area contributed by atoms with Crippen molar-refractivity contribution < 1.29 is 14.3 Å². The molecule has 0 radical (unpaired) electrons. The van der Waals surface area contributed by atoms with Crippen molar-refractivity contribution in [2.45, 2.75) is 33.0 Å². The summed E-state index contributed by atoms with van der Waals surface area (Å²) in [7, 11) is 0. The number of benzene rings is 2. The summed E-state index contributed by atoms with van der Waals surface area (Å²) in [4.78, 5) is 12.1. The van der Waals surface area contributed by atoms with Gasteiger partial charge in [-0.1, -0.05) is 49.4 Å². The van der Waals surface area contributed by atoms with Crippen LogP contribution in [0.15, 0.2) is 54.6 Å². The molecule has 2 aromatic rings. The number of esters is 1. The molecule has 110 valence electrons. The van der Waals surface area contributed by atoms with Crippen LogP contribution in [0, 0.1) is 0 Å². The van der Waals surface area contributed by atoms with Crippen LogP contribution in [0.2, 0.25) is 0 Å². The van der Waals surface area contributed by atoms with E-state index < -0.39 is 0 Å². The topological polar surface area (TPSA) is 35.5 Å². The Labute approximate surface area is 125 Å². The van der Waals surface area contributed by atoms with Gasteiger partial charge in [0.25, 0.3) is 0 Å². The van der Waals surface area contributed by atoms with Crippen LogP contribution in [-0.4, -0.2) is 12.1 Å². The summed E-state index contributed by atoms with van der Waals surface area (Å²) in [6.07, 6.45) is 0.693. The minimum absolute atomic E-state index is 0.0975. The molecule has 3 nitrogen and oxygen atoms in total. The molecule has 0 fully saturated rings. The van der Waals surface area contributed by atoms with Gasteiger partial charge in [-0.2, -0.15) is 0 Å². The largest absolute Gasteiger partial charge is 0.488 e. The molecule has 0 saturated carbocycles. The zero-order chi connectivity index (χ0) is 15.1. The lowest BCUT2D eigenvalue weighted by Crippen LogP contribution is -2.15. The molecule has 2 rings (SSSR count). The fraction of sp³-hybridized carbons (Fsp3) is 0.278. The quantitative estimate of drug-likeness (QED) is 0.745. The first-order valence-electron chi connectivity index (χ1n) is 7.17. The van der Waals surface area contributed by atoms with Crippen LogP contribution in [0.1, 0.15) is 36.2 Å². The Morgan fingerprint density at radius 2 is 1.71 bits per heavy atom. The summed E-state index contributed by atoms with van der Waals surface area (Å²) >= 11 is 0. The van der Waals surface area contributed by atoms with E-state index in [0.717, 1.165) is 12.0 Å². The first kappa shape index (κ1) is 15.1. The number of rotatable bonds is 6. The van der Waals surface area contributed by atoms with Gasteiger partial charge in [-0.3, -0.25) is 0 Å². The van der Waals surface area contributed by atoms with Gasteiger partial charge in [-0.25, -0.2) is 4.79 Å². The van der Waals surface area contributed by atoms with E-state index in [1.807, 2.05) is 56.3 Å². The minimum Gasteiger partial charge on any atom is -0.488 e. The predicted octanol–water partition coefficient (Wildman–Crippen LogP) is 4.22. The molecule has 0 heterocycles. The SMILES string of the molecule is CCC(C)OC(=O)c1ccccc1OCc1ccccc1. The molecule has 0 aliphatic rings. The Kier molecular flexibility index (Phi) is 5.38. The Morgan fingerprint density at radius 3 is 2.43 bits per heavy atom. The van der Waals surface area contributed by atoms with E-state index >= 15 is 0 Å². The zero-order valence-electron chi connectivity index (χ0n) is 12.4. The summed E-state index contributed by atoms with van der Waals surface area (Å²) in [5.41, 5.74) is 1.52. The lowest BCUT2D eigenvalue weighted by atomic mass is 10.2. The first-order chi connectivity index (χ1) is 10.2. The average Bonchev–Trinajstić information content (AvgIpc) is 2.54. The molecule has 1 unspecified atom stereocenters. The Morgan fingerprint density at radius 1 is 1.05 bits per heavy atom. The number of hydrogen-bond donors (Lipinski definition) is 0. The molecule has 1 atom stereocenters. The molecule has 0 N–H and O–H groups in total. The van der Waals surface area contributed by atoms with Gasteiger partial charge in [0, 0.05) is 0 Å². The zero-order valence-corrected chi connectivity index (χ0v) is 12.4. The highest BCUT2D eigenvalue weighted by Crippen LogP contribution is 2.21. The molecule has 0 aliphatic carbocycles. The van der Waals surface area contributed by atoms with Gasteiger partial charge >= 0.3 is 5.97 Å². The van der Waals surface area contributed by atoms with Crippen molar-refractivity contribution in [2.75, 3.05) is 0 Å². The van der Waals surface area contributed by atoms with E-state index in [2.05, 4.69) is 0 Å². The predicted molar refractivity (Wildman–Crippen MR) is 82.4 cm³/mol. The molecular weight excluding hydrogens is 264 g/mol. The number of carbonyl (C=O) groups is 1. The first-order valence-corrected chi connectivity index (χ1v) is 7.17. The van der Waals surface area contributed by atoms with Crippen molar-refractivity contribution in [3.63, 3.8) is 0 Å². The van der Waals surface area contributed by atoms with Gasteiger partial charge in [-0.05, 0) is 31.0 Å². The smallest absolute Gasteiger partial charge is 0.342 e. The molecule has 0 spiro atoms. The Bertz CT molecular complexity index is 578. The molecule has 0 bridgehead atoms. The number of para-hydroxylation sites is 1. The summed E-state index contributed by atoms with van der Waals surface area (Å²) in [5, 5.41) is 0. The second-order valence-electron chi connectivity index (χ2n) is 4.89. The fourth-order valence-corrected chi connectivity index (χ4v) is 1.83. The summed E-state index contributed by atoms with van der Waals surface area (Å²) < 4.78 is 11.1. The van der Waals surface area contributed by atoms with Gasteiger partial charge in [-0.15, -0.1) is 0 Å². The third kappa shape index (κ3) is 4.35. The second kappa shape index (κ2) is 7.48.